The lowest BCUT2D eigenvalue weighted by atomic mass is 10.1. The van der Waals surface area contributed by atoms with E-state index in [-0.39, 0.29) is 12.5 Å². The highest BCUT2D eigenvalue weighted by atomic mass is 16.6. The second-order valence-electron chi connectivity index (χ2n) is 9.44. The molecule has 0 spiro atoms. The van der Waals surface area contributed by atoms with Crippen molar-refractivity contribution < 1.29 is 14.3 Å². The predicted molar refractivity (Wildman–Crippen MR) is 137 cm³/mol. The quantitative estimate of drug-likeness (QED) is 0.489. The summed E-state index contributed by atoms with van der Waals surface area (Å²) < 4.78 is 5.42. The van der Waals surface area contributed by atoms with Gasteiger partial charge in [0, 0.05) is 19.3 Å². The maximum atomic E-state index is 13.0. The molecule has 1 aromatic heterocycles. The van der Waals surface area contributed by atoms with Gasteiger partial charge in [0.05, 0.1) is 17.1 Å². The third-order valence-electron chi connectivity index (χ3n) is 5.68. The Morgan fingerprint density at radius 1 is 1.31 bits per heavy atom. The predicted octanol–water partition coefficient (Wildman–Crippen LogP) is 4.04. The standard InChI is InChI=1S/C26H29N7O3/c1-6-32-19-11-8-7-10-18(19)29-22(32)17(14-27)21-16(2)15-28-24(30-21)31-23(34)20-12-9-13-33(20)25(35)36-26(3,4)5/h7-12,15,20,29H,6,13H2,1-5H3,(H,28,30,31,34)/b22-17+. The number of rotatable bonds is 4. The second kappa shape index (κ2) is 9.70. The van der Waals surface area contributed by atoms with E-state index in [0.29, 0.717) is 29.2 Å². The zero-order valence-corrected chi connectivity index (χ0v) is 21.0. The number of hydrogen-bond acceptors (Lipinski definition) is 8. The lowest BCUT2D eigenvalue weighted by molar-refractivity contribution is -0.119. The summed E-state index contributed by atoms with van der Waals surface area (Å²) in [4.78, 5) is 37.7. The Labute approximate surface area is 210 Å². The van der Waals surface area contributed by atoms with Crippen LogP contribution in [-0.4, -0.2) is 51.6 Å². The Hall–Kier alpha value is -4.39. The fourth-order valence-corrected chi connectivity index (χ4v) is 4.07. The molecule has 4 rings (SSSR count). The van der Waals surface area contributed by atoms with Gasteiger partial charge in [0.15, 0.2) is 0 Å². The normalized spacial score (nSPS) is 17.8. The van der Waals surface area contributed by atoms with E-state index in [1.54, 1.807) is 46.0 Å². The number of hydrogen-bond donors (Lipinski definition) is 2. The number of nitrogens with one attached hydrogen (secondary N) is 2. The van der Waals surface area contributed by atoms with Gasteiger partial charge in [-0.05, 0) is 52.3 Å². The van der Waals surface area contributed by atoms with Crippen LogP contribution in [0.2, 0.25) is 0 Å². The first-order valence-corrected chi connectivity index (χ1v) is 11.7. The van der Waals surface area contributed by atoms with Gasteiger partial charge in [-0.2, -0.15) is 5.26 Å². The van der Waals surface area contributed by atoms with E-state index in [1.165, 1.54) is 4.90 Å². The molecule has 0 saturated heterocycles. The van der Waals surface area contributed by atoms with E-state index in [1.807, 2.05) is 36.1 Å². The molecule has 0 radical (unpaired) electrons. The molecule has 2 amide bonds. The molecular weight excluding hydrogens is 458 g/mol. The minimum Gasteiger partial charge on any atom is -0.444 e. The fourth-order valence-electron chi connectivity index (χ4n) is 4.07. The highest BCUT2D eigenvalue weighted by molar-refractivity contribution is 5.98. The number of carbonyl (C=O) groups excluding carboxylic acids is 2. The topological polar surface area (TPSA) is 123 Å². The van der Waals surface area contributed by atoms with Crippen LogP contribution in [-0.2, 0) is 9.53 Å². The summed E-state index contributed by atoms with van der Waals surface area (Å²) >= 11 is 0. The number of benzene rings is 1. The molecule has 2 aromatic rings. The number of anilines is 3. The van der Waals surface area contributed by atoms with Gasteiger partial charge in [-0.3, -0.25) is 15.0 Å². The molecule has 2 aliphatic heterocycles. The van der Waals surface area contributed by atoms with Crippen molar-refractivity contribution in [1.82, 2.24) is 14.9 Å². The van der Waals surface area contributed by atoms with Crippen molar-refractivity contribution in [2.45, 2.75) is 46.3 Å². The van der Waals surface area contributed by atoms with Crippen molar-refractivity contribution in [3.63, 3.8) is 0 Å². The van der Waals surface area contributed by atoms with Crippen molar-refractivity contribution in [2.75, 3.05) is 28.6 Å². The smallest absolute Gasteiger partial charge is 0.411 e. The minimum atomic E-state index is -0.858. The van der Waals surface area contributed by atoms with E-state index >= 15 is 0 Å². The number of carbonyl (C=O) groups is 2. The largest absolute Gasteiger partial charge is 0.444 e. The molecule has 2 N–H and O–H groups in total. The van der Waals surface area contributed by atoms with E-state index < -0.39 is 23.6 Å². The summed E-state index contributed by atoms with van der Waals surface area (Å²) in [5.74, 6) is 0.184. The average Bonchev–Trinajstić information content (AvgIpc) is 3.45. The molecule has 0 bridgehead atoms. The molecule has 10 heteroatoms. The van der Waals surface area contributed by atoms with E-state index in [2.05, 4.69) is 26.7 Å². The van der Waals surface area contributed by atoms with Crippen LogP contribution >= 0.6 is 0 Å². The molecule has 0 fully saturated rings. The monoisotopic (exact) mass is 487 g/mol. The summed E-state index contributed by atoms with van der Waals surface area (Å²) in [5.41, 5.74) is 2.61. The van der Waals surface area contributed by atoms with Crippen molar-refractivity contribution in [1.29, 1.82) is 5.26 Å². The Bertz CT molecular complexity index is 1300. The van der Waals surface area contributed by atoms with Crippen molar-refractivity contribution in [3.05, 3.63) is 59.7 Å². The van der Waals surface area contributed by atoms with Crippen LogP contribution in [0, 0.1) is 18.3 Å². The molecule has 0 aliphatic carbocycles. The van der Waals surface area contributed by atoms with Gasteiger partial charge in [-0.25, -0.2) is 14.8 Å². The summed E-state index contributed by atoms with van der Waals surface area (Å²) in [6.07, 6.45) is 4.35. The molecule has 3 heterocycles. The first-order valence-electron chi connectivity index (χ1n) is 11.7. The Morgan fingerprint density at radius 3 is 2.75 bits per heavy atom. The van der Waals surface area contributed by atoms with Crippen LogP contribution in [0.5, 0.6) is 0 Å². The number of aryl methyl sites for hydroxylation is 1. The number of fused-ring (bicyclic) bond motifs is 1. The Morgan fingerprint density at radius 2 is 2.06 bits per heavy atom. The zero-order valence-electron chi connectivity index (χ0n) is 21.0. The maximum Gasteiger partial charge on any atom is 0.411 e. The lowest BCUT2D eigenvalue weighted by Gasteiger charge is -2.27. The lowest BCUT2D eigenvalue weighted by Crippen LogP contribution is -2.45. The van der Waals surface area contributed by atoms with E-state index in [4.69, 9.17) is 4.74 Å². The Balaban J connectivity index is 1.60. The number of allylic oxidation sites excluding steroid dienone is 1. The van der Waals surface area contributed by atoms with Crippen LogP contribution < -0.4 is 15.5 Å². The molecule has 10 nitrogen and oxygen atoms in total. The van der Waals surface area contributed by atoms with Crippen LogP contribution in [0.3, 0.4) is 0 Å². The summed E-state index contributed by atoms with van der Waals surface area (Å²) in [6.45, 7) is 10.0. The first-order chi connectivity index (χ1) is 17.1. The van der Waals surface area contributed by atoms with Crippen molar-refractivity contribution in [3.8, 4) is 6.07 Å². The number of nitrogens with zero attached hydrogens (tertiary/aromatic N) is 5. The SMILES string of the molecule is CCN1/C(=C(\C#N)c2nc(NC(=O)C3C=CCN3C(=O)OC(C)(C)C)ncc2C)Nc2ccccc21. The van der Waals surface area contributed by atoms with Gasteiger partial charge < -0.3 is 15.0 Å². The minimum absolute atomic E-state index is 0.0388. The van der Waals surface area contributed by atoms with Gasteiger partial charge in [-0.1, -0.05) is 24.3 Å². The maximum absolute atomic E-state index is 13.0. The number of amides is 2. The van der Waals surface area contributed by atoms with Crippen LogP contribution in [0.25, 0.3) is 5.57 Å². The Kier molecular flexibility index (Phi) is 6.66. The summed E-state index contributed by atoms with van der Waals surface area (Å²) in [7, 11) is 0. The van der Waals surface area contributed by atoms with Crippen molar-refractivity contribution in [2.24, 2.45) is 0 Å². The van der Waals surface area contributed by atoms with Gasteiger partial charge in [0.1, 0.15) is 29.1 Å². The molecule has 1 atom stereocenters. The van der Waals surface area contributed by atoms with Crippen LogP contribution in [0.15, 0.2) is 48.4 Å². The van der Waals surface area contributed by atoms with E-state index in [0.717, 1.165) is 11.4 Å². The van der Waals surface area contributed by atoms with Gasteiger partial charge in [0.25, 0.3) is 5.91 Å². The molecular formula is C26H29N7O3. The molecule has 1 unspecified atom stereocenters. The highest BCUT2D eigenvalue weighted by Gasteiger charge is 2.34. The summed E-state index contributed by atoms with van der Waals surface area (Å²) in [6, 6.07) is 9.22. The third kappa shape index (κ3) is 4.86. The summed E-state index contributed by atoms with van der Waals surface area (Å²) in [5, 5.41) is 16.1. The highest BCUT2D eigenvalue weighted by Crippen LogP contribution is 2.38. The van der Waals surface area contributed by atoms with Crippen molar-refractivity contribution >= 4 is 34.9 Å². The average molecular weight is 488 g/mol. The van der Waals surface area contributed by atoms with Crippen LogP contribution in [0.4, 0.5) is 22.1 Å². The number of para-hydroxylation sites is 2. The molecule has 2 aliphatic rings. The van der Waals surface area contributed by atoms with Gasteiger partial charge in [0.2, 0.25) is 5.95 Å². The first kappa shape index (κ1) is 24.7. The van der Waals surface area contributed by atoms with Crippen LogP contribution in [0.1, 0.15) is 39.0 Å². The molecule has 0 saturated carbocycles. The fraction of sp³-hybridized carbons (Fsp3) is 0.346. The van der Waals surface area contributed by atoms with E-state index in [9.17, 15) is 14.9 Å². The molecule has 1 aromatic carbocycles. The molecule has 186 valence electrons. The van der Waals surface area contributed by atoms with Gasteiger partial charge in [-0.15, -0.1) is 0 Å². The number of nitriles is 1. The second-order valence-corrected chi connectivity index (χ2v) is 9.44. The number of aromatic nitrogens is 2. The van der Waals surface area contributed by atoms with Gasteiger partial charge >= 0.3 is 6.09 Å². The molecule has 36 heavy (non-hydrogen) atoms. The third-order valence-corrected chi connectivity index (χ3v) is 5.68. The zero-order chi connectivity index (χ0) is 26.0. The number of ether oxygens (including phenoxy) is 1.